The van der Waals surface area contributed by atoms with Gasteiger partial charge in [0.15, 0.2) is 0 Å². The third kappa shape index (κ3) is 8.02. The molecule has 5 nitrogen and oxygen atoms in total. The Hall–Kier alpha value is -0.170. The monoisotopic (exact) mass is 279 g/mol. The molecule has 0 aromatic heterocycles. The molecule has 0 bridgehead atoms. The van der Waals surface area contributed by atoms with E-state index in [9.17, 15) is 8.42 Å². The third-order valence-electron chi connectivity index (χ3n) is 2.78. The summed E-state index contributed by atoms with van der Waals surface area (Å²) < 4.78 is 25.5. The highest BCUT2D eigenvalue weighted by molar-refractivity contribution is 7.89. The first-order valence-corrected chi connectivity index (χ1v) is 8.17. The summed E-state index contributed by atoms with van der Waals surface area (Å²) in [5.41, 5.74) is 0. The van der Waals surface area contributed by atoms with E-state index >= 15 is 0 Å². The van der Waals surface area contributed by atoms with E-state index in [-0.39, 0.29) is 5.75 Å². The summed E-state index contributed by atoms with van der Waals surface area (Å²) in [7, 11) is 4.96. The zero-order chi connectivity index (χ0) is 14.2. The van der Waals surface area contributed by atoms with Crippen molar-refractivity contribution >= 4 is 10.0 Å². The van der Waals surface area contributed by atoms with Gasteiger partial charge in [0.25, 0.3) is 0 Å². The Bertz CT molecular complexity index is 288. The van der Waals surface area contributed by atoms with Crippen molar-refractivity contribution in [2.24, 2.45) is 0 Å². The largest absolute Gasteiger partial charge is 0.309 e. The molecule has 0 unspecified atom stereocenters. The van der Waals surface area contributed by atoms with Crippen molar-refractivity contribution in [1.29, 1.82) is 0 Å². The first-order valence-electron chi connectivity index (χ1n) is 6.57. The fourth-order valence-corrected chi connectivity index (χ4v) is 2.88. The van der Waals surface area contributed by atoms with Crippen molar-refractivity contribution in [2.45, 2.75) is 19.8 Å². The van der Waals surface area contributed by atoms with Gasteiger partial charge in [-0.15, -0.1) is 0 Å². The van der Waals surface area contributed by atoms with E-state index in [4.69, 9.17) is 0 Å². The van der Waals surface area contributed by atoms with Gasteiger partial charge in [-0.05, 0) is 61.0 Å². The average molecular weight is 279 g/mol. The normalized spacial score (nSPS) is 12.9. The second-order valence-electron chi connectivity index (χ2n) is 5.11. The molecule has 0 atom stereocenters. The molecular weight excluding hydrogens is 250 g/mol. The van der Waals surface area contributed by atoms with Gasteiger partial charge < -0.3 is 9.80 Å². The van der Waals surface area contributed by atoms with E-state index < -0.39 is 10.0 Å². The molecule has 0 aromatic carbocycles. The van der Waals surface area contributed by atoms with Crippen molar-refractivity contribution in [2.75, 3.05) is 60.1 Å². The first-order chi connectivity index (χ1) is 8.29. The average Bonchev–Trinajstić information content (AvgIpc) is 2.26. The molecule has 0 aliphatic heterocycles. The number of sulfonamides is 1. The standard InChI is InChI=1S/C12H29N3O2S/c1-6-18(16,17)15(11-7-9-13(2)3)12-8-10-14(4)5/h6-12H2,1-5H3. The van der Waals surface area contributed by atoms with Crippen LogP contribution in [0, 0.1) is 0 Å². The predicted octanol–water partition coefficient (Wildman–Crippen LogP) is 0.542. The zero-order valence-corrected chi connectivity index (χ0v) is 13.3. The highest BCUT2D eigenvalue weighted by Gasteiger charge is 2.18. The van der Waals surface area contributed by atoms with Gasteiger partial charge in [0, 0.05) is 13.1 Å². The first kappa shape index (κ1) is 17.8. The summed E-state index contributed by atoms with van der Waals surface area (Å²) in [6.45, 7) is 4.80. The number of hydrogen-bond acceptors (Lipinski definition) is 4. The molecular formula is C12H29N3O2S. The molecule has 18 heavy (non-hydrogen) atoms. The van der Waals surface area contributed by atoms with Gasteiger partial charge in [0.1, 0.15) is 0 Å². The quantitative estimate of drug-likeness (QED) is 0.585. The van der Waals surface area contributed by atoms with Gasteiger partial charge in [-0.1, -0.05) is 0 Å². The maximum atomic E-state index is 11.9. The molecule has 0 rings (SSSR count). The second-order valence-corrected chi connectivity index (χ2v) is 7.37. The lowest BCUT2D eigenvalue weighted by Gasteiger charge is -2.23. The Kier molecular flexibility index (Phi) is 8.77. The van der Waals surface area contributed by atoms with Crippen LogP contribution in [0.4, 0.5) is 0 Å². The number of rotatable bonds is 10. The van der Waals surface area contributed by atoms with Gasteiger partial charge in [-0.25, -0.2) is 12.7 Å². The summed E-state index contributed by atoms with van der Waals surface area (Å²) in [4.78, 5) is 4.16. The fourth-order valence-electron chi connectivity index (χ4n) is 1.70. The molecule has 0 aliphatic rings. The molecule has 0 spiro atoms. The Morgan fingerprint density at radius 1 is 0.778 bits per heavy atom. The maximum Gasteiger partial charge on any atom is 0.213 e. The molecule has 0 heterocycles. The topological polar surface area (TPSA) is 43.9 Å². The van der Waals surface area contributed by atoms with Crippen LogP contribution in [0.25, 0.3) is 0 Å². The van der Waals surface area contributed by atoms with E-state index in [1.807, 2.05) is 28.2 Å². The minimum atomic E-state index is -3.06. The van der Waals surface area contributed by atoms with E-state index in [2.05, 4.69) is 9.80 Å². The van der Waals surface area contributed by atoms with Gasteiger partial charge in [0.2, 0.25) is 10.0 Å². The fraction of sp³-hybridized carbons (Fsp3) is 1.00. The van der Waals surface area contributed by atoms with E-state index in [0.29, 0.717) is 13.1 Å². The lowest BCUT2D eigenvalue weighted by Crippen LogP contribution is -2.36. The smallest absolute Gasteiger partial charge is 0.213 e. The van der Waals surface area contributed by atoms with Crippen LogP contribution < -0.4 is 0 Å². The third-order valence-corrected chi connectivity index (χ3v) is 4.67. The van der Waals surface area contributed by atoms with Crippen LogP contribution in [0.3, 0.4) is 0 Å². The van der Waals surface area contributed by atoms with Crippen LogP contribution in [0.2, 0.25) is 0 Å². The Labute approximate surface area is 113 Å². The molecule has 110 valence electrons. The lowest BCUT2D eigenvalue weighted by atomic mass is 10.3. The zero-order valence-electron chi connectivity index (χ0n) is 12.5. The van der Waals surface area contributed by atoms with Gasteiger partial charge in [0.05, 0.1) is 5.75 Å². The van der Waals surface area contributed by atoms with Crippen molar-refractivity contribution in [3.63, 3.8) is 0 Å². The molecule has 0 aromatic rings. The summed E-state index contributed by atoms with van der Waals surface area (Å²) in [6.07, 6.45) is 1.77. The predicted molar refractivity (Wildman–Crippen MR) is 77.4 cm³/mol. The number of nitrogens with zero attached hydrogens (tertiary/aromatic N) is 3. The van der Waals surface area contributed by atoms with Crippen LogP contribution in [0.15, 0.2) is 0 Å². The SMILES string of the molecule is CCS(=O)(=O)N(CCCN(C)C)CCCN(C)C. The number of hydrogen-bond donors (Lipinski definition) is 0. The minimum Gasteiger partial charge on any atom is -0.309 e. The van der Waals surface area contributed by atoms with Crippen molar-refractivity contribution < 1.29 is 8.42 Å². The van der Waals surface area contributed by atoms with Crippen molar-refractivity contribution in [3.8, 4) is 0 Å². The van der Waals surface area contributed by atoms with Crippen LogP contribution in [0.1, 0.15) is 19.8 Å². The molecule has 0 N–H and O–H groups in total. The van der Waals surface area contributed by atoms with Crippen molar-refractivity contribution in [3.05, 3.63) is 0 Å². The minimum absolute atomic E-state index is 0.191. The molecule has 0 aliphatic carbocycles. The highest BCUT2D eigenvalue weighted by atomic mass is 32.2. The molecule has 0 saturated heterocycles. The van der Waals surface area contributed by atoms with Gasteiger partial charge in [-0.2, -0.15) is 0 Å². The van der Waals surface area contributed by atoms with E-state index in [1.165, 1.54) is 0 Å². The van der Waals surface area contributed by atoms with Gasteiger partial charge in [-0.3, -0.25) is 0 Å². The maximum absolute atomic E-state index is 11.9. The molecule has 6 heteroatoms. The van der Waals surface area contributed by atoms with E-state index in [0.717, 1.165) is 25.9 Å². The van der Waals surface area contributed by atoms with Crippen LogP contribution in [0.5, 0.6) is 0 Å². The lowest BCUT2D eigenvalue weighted by molar-refractivity contribution is 0.327. The summed E-state index contributed by atoms with van der Waals surface area (Å²) in [6, 6.07) is 0. The van der Waals surface area contributed by atoms with E-state index in [1.54, 1.807) is 11.2 Å². The van der Waals surface area contributed by atoms with Crippen LogP contribution in [-0.4, -0.2) is 82.6 Å². The summed E-state index contributed by atoms with van der Waals surface area (Å²) in [5.74, 6) is 0.191. The molecule has 0 saturated carbocycles. The Morgan fingerprint density at radius 2 is 1.17 bits per heavy atom. The highest BCUT2D eigenvalue weighted by Crippen LogP contribution is 2.05. The van der Waals surface area contributed by atoms with Crippen LogP contribution in [-0.2, 0) is 10.0 Å². The molecule has 0 fully saturated rings. The summed E-state index contributed by atoms with van der Waals surface area (Å²) in [5, 5.41) is 0. The van der Waals surface area contributed by atoms with Crippen LogP contribution >= 0.6 is 0 Å². The van der Waals surface area contributed by atoms with Crippen molar-refractivity contribution in [1.82, 2.24) is 14.1 Å². The molecule has 0 radical (unpaired) electrons. The molecule has 0 amide bonds. The van der Waals surface area contributed by atoms with Gasteiger partial charge >= 0.3 is 0 Å². The Balaban J connectivity index is 4.26. The summed E-state index contributed by atoms with van der Waals surface area (Å²) >= 11 is 0. The second kappa shape index (κ2) is 8.85. The Morgan fingerprint density at radius 3 is 1.44 bits per heavy atom.